The lowest BCUT2D eigenvalue weighted by molar-refractivity contribution is 0.704. The zero-order chi connectivity index (χ0) is 8.27. The topological polar surface area (TPSA) is 12.9 Å². The summed E-state index contributed by atoms with van der Waals surface area (Å²) in [7, 11) is 0. The minimum atomic E-state index is 0.547. The summed E-state index contributed by atoms with van der Waals surface area (Å²) in [6, 6.07) is 3.98. The van der Waals surface area contributed by atoms with Crippen LogP contribution in [0.4, 0.5) is 0 Å². The van der Waals surface area contributed by atoms with E-state index >= 15 is 0 Å². The number of nitrogens with zero attached hydrogens (tertiary/aromatic N) is 1. The molecule has 1 aromatic rings. The monoisotopic (exact) mass is 213 g/mol. The number of hydrogen-bond acceptors (Lipinski definition) is 1. The van der Waals surface area contributed by atoms with Crippen LogP contribution in [0.1, 0.15) is 31.9 Å². The predicted molar refractivity (Wildman–Crippen MR) is 50.6 cm³/mol. The molecule has 11 heavy (non-hydrogen) atoms. The Morgan fingerprint density at radius 3 is 2.91 bits per heavy atom. The van der Waals surface area contributed by atoms with Gasteiger partial charge in [-0.25, -0.2) is 0 Å². The lowest BCUT2D eigenvalue weighted by atomic mass is 10.1. The highest BCUT2D eigenvalue weighted by atomic mass is 79.9. The summed E-state index contributed by atoms with van der Waals surface area (Å²) in [6.45, 7) is 4.36. The average Bonchev–Trinajstić information content (AvgIpc) is 2.04. The molecule has 0 spiro atoms. The normalized spacial score (nSPS) is 13.0. The summed E-state index contributed by atoms with van der Waals surface area (Å²) in [4.78, 5) is 4.30. The van der Waals surface area contributed by atoms with E-state index in [-0.39, 0.29) is 0 Å². The number of hydrogen-bond donors (Lipinski definition) is 0. The fraction of sp³-hybridized carbons (Fsp3) is 0.444. The van der Waals surface area contributed by atoms with Gasteiger partial charge in [0.2, 0.25) is 0 Å². The molecule has 0 N–H and O–H groups in total. The second kappa shape index (κ2) is 3.86. The Morgan fingerprint density at radius 2 is 2.36 bits per heavy atom. The Balaban J connectivity index is 2.93. The van der Waals surface area contributed by atoms with Crippen LogP contribution in [0.15, 0.2) is 22.8 Å². The van der Waals surface area contributed by atoms with Gasteiger partial charge >= 0.3 is 0 Å². The molecular weight excluding hydrogens is 202 g/mol. The van der Waals surface area contributed by atoms with Crippen molar-refractivity contribution in [3.05, 3.63) is 28.5 Å². The molecule has 1 atom stereocenters. The Bertz CT molecular complexity index is 235. The fourth-order valence-corrected chi connectivity index (χ4v) is 1.60. The fourth-order valence-electron chi connectivity index (χ4n) is 0.954. The molecule has 0 bridgehead atoms. The average molecular weight is 214 g/mol. The Hall–Kier alpha value is -0.370. The molecule has 2 heteroatoms. The molecule has 0 saturated carbocycles. The van der Waals surface area contributed by atoms with Crippen molar-refractivity contribution in [3.63, 3.8) is 0 Å². The minimum Gasteiger partial charge on any atom is -0.260 e. The van der Waals surface area contributed by atoms with Crippen LogP contribution in [-0.4, -0.2) is 4.98 Å². The van der Waals surface area contributed by atoms with Gasteiger partial charge in [0, 0.05) is 10.7 Å². The number of halogens is 1. The summed E-state index contributed by atoms with van der Waals surface area (Å²) in [5.74, 6) is 0.547. The first-order chi connectivity index (χ1) is 5.25. The maximum absolute atomic E-state index is 4.30. The van der Waals surface area contributed by atoms with Crippen LogP contribution < -0.4 is 0 Å². The third-order valence-electron chi connectivity index (χ3n) is 1.87. The number of pyridine rings is 1. The van der Waals surface area contributed by atoms with Crippen LogP contribution in [0.5, 0.6) is 0 Å². The molecule has 1 unspecified atom stereocenters. The van der Waals surface area contributed by atoms with E-state index in [4.69, 9.17) is 0 Å². The smallest absolute Gasteiger partial charge is 0.0573 e. The molecule has 0 aliphatic carbocycles. The van der Waals surface area contributed by atoms with E-state index in [1.165, 1.54) is 0 Å². The Labute approximate surface area is 76.0 Å². The van der Waals surface area contributed by atoms with E-state index in [1.807, 2.05) is 18.3 Å². The first-order valence-electron chi connectivity index (χ1n) is 3.86. The van der Waals surface area contributed by atoms with Gasteiger partial charge in [-0.2, -0.15) is 0 Å². The van der Waals surface area contributed by atoms with Gasteiger partial charge < -0.3 is 0 Å². The number of aromatic nitrogens is 1. The van der Waals surface area contributed by atoms with Gasteiger partial charge in [-0.3, -0.25) is 4.98 Å². The molecule has 0 fully saturated rings. The Kier molecular flexibility index (Phi) is 3.06. The summed E-state index contributed by atoms with van der Waals surface area (Å²) >= 11 is 3.48. The first kappa shape index (κ1) is 8.72. The van der Waals surface area contributed by atoms with E-state index in [0.717, 1.165) is 16.6 Å². The van der Waals surface area contributed by atoms with Crippen molar-refractivity contribution in [1.29, 1.82) is 0 Å². The van der Waals surface area contributed by atoms with Crippen LogP contribution in [0.3, 0.4) is 0 Å². The van der Waals surface area contributed by atoms with Crippen LogP contribution in [-0.2, 0) is 0 Å². The molecular formula is C9H12BrN. The van der Waals surface area contributed by atoms with Crippen LogP contribution in [0, 0.1) is 0 Å². The highest BCUT2D eigenvalue weighted by molar-refractivity contribution is 9.10. The molecule has 0 aliphatic heterocycles. The molecule has 1 nitrogen and oxygen atoms in total. The molecule has 0 amide bonds. The summed E-state index contributed by atoms with van der Waals surface area (Å²) in [5, 5.41) is 0. The van der Waals surface area contributed by atoms with E-state index in [1.54, 1.807) is 0 Å². The molecule has 1 heterocycles. The molecule has 60 valence electrons. The van der Waals surface area contributed by atoms with Gasteiger partial charge in [0.15, 0.2) is 0 Å². The van der Waals surface area contributed by atoms with Gasteiger partial charge in [0.1, 0.15) is 0 Å². The van der Waals surface area contributed by atoms with E-state index < -0.39 is 0 Å². The molecule has 0 saturated heterocycles. The SMILES string of the molecule is CCC(C)c1ncccc1Br. The van der Waals surface area contributed by atoms with Crippen molar-refractivity contribution in [2.24, 2.45) is 0 Å². The first-order valence-corrected chi connectivity index (χ1v) is 4.65. The quantitative estimate of drug-likeness (QED) is 0.735. The highest BCUT2D eigenvalue weighted by Gasteiger charge is 2.06. The Morgan fingerprint density at radius 1 is 1.64 bits per heavy atom. The highest BCUT2D eigenvalue weighted by Crippen LogP contribution is 2.23. The van der Waals surface area contributed by atoms with Crippen molar-refractivity contribution >= 4 is 15.9 Å². The molecule has 0 aromatic carbocycles. The van der Waals surface area contributed by atoms with Gasteiger partial charge in [0.25, 0.3) is 0 Å². The third-order valence-corrected chi connectivity index (χ3v) is 2.54. The predicted octanol–water partition coefficient (Wildman–Crippen LogP) is 3.36. The largest absolute Gasteiger partial charge is 0.260 e. The molecule has 0 aliphatic rings. The number of rotatable bonds is 2. The summed E-state index contributed by atoms with van der Waals surface area (Å²) < 4.78 is 1.12. The maximum Gasteiger partial charge on any atom is 0.0573 e. The van der Waals surface area contributed by atoms with E-state index in [0.29, 0.717) is 5.92 Å². The second-order valence-electron chi connectivity index (χ2n) is 2.68. The molecule has 1 rings (SSSR count). The zero-order valence-corrected chi connectivity index (χ0v) is 8.43. The lowest BCUT2D eigenvalue weighted by Crippen LogP contribution is -1.95. The maximum atomic E-state index is 4.30. The van der Waals surface area contributed by atoms with Crippen LogP contribution >= 0.6 is 15.9 Å². The third kappa shape index (κ3) is 2.03. The van der Waals surface area contributed by atoms with Crippen molar-refractivity contribution in [2.75, 3.05) is 0 Å². The molecule has 0 radical (unpaired) electrons. The van der Waals surface area contributed by atoms with Crippen molar-refractivity contribution in [2.45, 2.75) is 26.2 Å². The van der Waals surface area contributed by atoms with Crippen molar-refractivity contribution < 1.29 is 0 Å². The van der Waals surface area contributed by atoms with Gasteiger partial charge in [-0.1, -0.05) is 13.8 Å². The van der Waals surface area contributed by atoms with Crippen LogP contribution in [0.25, 0.3) is 0 Å². The second-order valence-corrected chi connectivity index (χ2v) is 3.53. The van der Waals surface area contributed by atoms with E-state index in [9.17, 15) is 0 Å². The van der Waals surface area contributed by atoms with Crippen LogP contribution in [0.2, 0.25) is 0 Å². The zero-order valence-electron chi connectivity index (χ0n) is 6.84. The standard InChI is InChI=1S/C9H12BrN/c1-3-7(2)9-8(10)5-4-6-11-9/h4-7H,3H2,1-2H3. The van der Waals surface area contributed by atoms with Gasteiger partial charge in [0.05, 0.1) is 5.69 Å². The van der Waals surface area contributed by atoms with Gasteiger partial charge in [-0.05, 0) is 40.4 Å². The lowest BCUT2D eigenvalue weighted by Gasteiger charge is -2.08. The van der Waals surface area contributed by atoms with Crippen molar-refractivity contribution in [3.8, 4) is 0 Å². The molecule has 1 aromatic heterocycles. The minimum absolute atomic E-state index is 0.547. The van der Waals surface area contributed by atoms with Gasteiger partial charge in [-0.15, -0.1) is 0 Å². The van der Waals surface area contributed by atoms with E-state index in [2.05, 4.69) is 34.8 Å². The van der Waals surface area contributed by atoms with Crippen molar-refractivity contribution in [1.82, 2.24) is 4.98 Å². The summed E-state index contributed by atoms with van der Waals surface area (Å²) in [6.07, 6.45) is 2.97. The summed E-state index contributed by atoms with van der Waals surface area (Å²) in [5.41, 5.74) is 1.16.